The van der Waals surface area contributed by atoms with Crippen LogP contribution in [-0.2, 0) is 28.6 Å². The van der Waals surface area contributed by atoms with Gasteiger partial charge in [0.2, 0.25) is 0 Å². The highest BCUT2D eigenvalue weighted by Gasteiger charge is 2.19. The molecule has 6 heteroatoms. The summed E-state index contributed by atoms with van der Waals surface area (Å²) in [5.41, 5.74) is 0. The van der Waals surface area contributed by atoms with E-state index in [0.29, 0.717) is 19.3 Å². The summed E-state index contributed by atoms with van der Waals surface area (Å²) in [6.07, 6.45) is 56.5. The predicted molar refractivity (Wildman–Crippen MR) is 266 cm³/mol. The van der Waals surface area contributed by atoms with Crippen molar-refractivity contribution < 1.29 is 28.6 Å². The zero-order chi connectivity index (χ0) is 45.1. The van der Waals surface area contributed by atoms with Crippen LogP contribution < -0.4 is 0 Å². The normalized spacial score (nSPS) is 11.9. The molecule has 0 aliphatic heterocycles. The second-order valence-corrected chi connectivity index (χ2v) is 19.2. The second-order valence-electron chi connectivity index (χ2n) is 19.2. The summed E-state index contributed by atoms with van der Waals surface area (Å²) >= 11 is 0. The maximum Gasteiger partial charge on any atom is 0.306 e. The van der Waals surface area contributed by atoms with Gasteiger partial charge in [0.05, 0.1) is 0 Å². The van der Waals surface area contributed by atoms with Crippen molar-refractivity contribution in [1.82, 2.24) is 0 Å². The van der Waals surface area contributed by atoms with Crippen LogP contribution in [-0.4, -0.2) is 37.2 Å². The number of carbonyl (C=O) groups is 3. The van der Waals surface area contributed by atoms with Crippen LogP contribution in [0.4, 0.5) is 0 Å². The molecule has 0 aromatic rings. The van der Waals surface area contributed by atoms with E-state index in [2.05, 4.69) is 20.8 Å². The SMILES string of the molecule is CCCCCCCCCCCCCCCCCCC(=O)OCC(COC(=O)CCCCCCCCCCCCCCC)OC(=O)CCCCCCCCCCCCCCCCC. The average Bonchev–Trinajstić information content (AvgIpc) is 3.27. The molecular formula is C56H108O6. The fourth-order valence-electron chi connectivity index (χ4n) is 8.62. The van der Waals surface area contributed by atoms with E-state index < -0.39 is 6.10 Å². The number of carbonyl (C=O) groups excluding carboxylic acids is 3. The van der Waals surface area contributed by atoms with Crippen molar-refractivity contribution in [3.8, 4) is 0 Å². The molecule has 0 spiro atoms. The molecule has 1 atom stereocenters. The smallest absolute Gasteiger partial charge is 0.306 e. The number of hydrogen-bond donors (Lipinski definition) is 0. The lowest BCUT2D eigenvalue weighted by Gasteiger charge is -2.18. The van der Waals surface area contributed by atoms with Crippen molar-refractivity contribution in [2.75, 3.05) is 13.2 Å². The van der Waals surface area contributed by atoms with E-state index in [9.17, 15) is 14.4 Å². The molecule has 0 bridgehead atoms. The van der Waals surface area contributed by atoms with Gasteiger partial charge in [0.1, 0.15) is 13.2 Å². The number of unbranched alkanes of at least 4 members (excludes halogenated alkanes) is 41. The number of rotatable bonds is 52. The summed E-state index contributed by atoms with van der Waals surface area (Å²) in [4.78, 5) is 38.1. The Hall–Kier alpha value is -1.59. The molecule has 368 valence electrons. The van der Waals surface area contributed by atoms with Crippen LogP contribution in [0.2, 0.25) is 0 Å². The van der Waals surface area contributed by atoms with E-state index in [1.807, 2.05) is 0 Å². The van der Waals surface area contributed by atoms with Crippen molar-refractivity contribution in [3.63, 3.8) is 0 Å². The fraction of sp³-hybridized carbons (Fsp3) is 0.946. The lowest BCUT2D eigenvalue weighted by atomic mass is 10.0. The van der Waals surface area contributed by atoms with E-state index in [0.717, 1.165) is 57.8 Å². The minimum Gasteiger partial charge on any atom is -0.462 e. The summed E-state index contributed by atoms with van der Waals surface area (Å²) in [5.74, 6) is -0.834. The molecular weight excluding hydrogens is 769 g/mol. The highest BCUT2D eigenvalue weighted by molar-refractivity contribution is 5.71. The quantitative estimate of drug-likeness (QED) is 0.0344. The van der Waals surface area contributed by atoms with Crippen LogP contribution in [0.3, 0.4) is 0 Å². The van der Waals surface area contributed by atoms with Gasteiger partial charge < -0.3 is 14.2 Å². The first-order valence-electron chi connectivity index (χ1n) is 28.0. The Morgan fingerprint density at radius 2 is 0.435 bits per heavy atom. The van der Waals surface area contributed by atoms with Gasteiger partial charge in [-0.15, -0.1) is 0 Å². The number of hydrogen-bond acceptors (Lipinski definition) is 6. The van der Waals surface area contributed by atoms with Gasteiger partial charge in [0.15, 0.2) is 6.10 Å². The van der Waals surface area contributed by atoms with Crippen LogP contribution in [0, 0.1) is 0 Å². The Morgan fingerprint density at radius 3 is 0.645 bits per heavy atom. The predicted octanol–water partition coefficient (Wildman–Crippen LogP) is 18.4. The Labute approximate surface area is 387 Å². The summed E-state index contributed by atoms with van der Waals surface area (Å²) in [6.45, 7) is 6.70. The molecule has 0 saturated carbocycles. The molecule has 0 amide bonds. The first kappa shape index (κ1) is 60.4. The number of ether oxygens (including phenoxy) is 3. The topological polar surface area (TPSA) is 78.9 Å². The van der Waals surface area contributed by atoms with Crippen molar-refractivity contribution in [1.29, 1.82) is 0 Å². The van der Waals surface area contributed by atoms with Crippen LogP contribution in [0.5, 0.6) is 0 Å². The van der Waals surface area contributed by atoms with Gasteiger partial charge in [-0.05, 0) is 19.3 Å². The molecule has 0 aromatic carbocycles. The van der Waals surface area contributed by atoms with Crippen LogP contribution in [0.15, 0.2) is 0 Å². The standard InChI is InChI=1S/C56H108O6/c1-4-7-10-13-16-19-22-25-27-29-31-34-37-40-43-46-49-55(58)61-52-53(51-60-54(57)48-45-42-39-36-33-30-24-21-18-15-12-9-6-3)62-56(59)50-47-44-41-38-35-32-28-26-23-20-17-14-11-8-5-2/h53H,4-52H2,1-3H3. The molecule has 0 heterocycles. The summed E-state index contributed by atoms with van der Waals surface area (Å²) in [6, 6.07) is 0. The summed E-state index contributed by atoms with van der Waals surface area (Å²) in [5, 5.41) is 0. The fourth-order valence-corrected chi connectivity index (χ4v) is 8.62. The van der Waals surface area contributed by atoms with Gasteiger partial charge in [0, 0.05) is 19.3 Å². The first-order valence-corrected chi connectivity index (χ1v) is 28.0. The van der Waals surface area contributed by atoms with Gasteiger partial charge in [0.25, 0.3) is 0 Å². The van der Waals surface area contributed by atoms with E-state index in [4.69, 9.17) is 14.2 Å². The van der Waals surface area contributed by atoms with Crippen molar-refractivity contribution in [3.05, 3.63) is 0 Å². The summed E-state index contributed by atoms with van der Waals surface area (Å²) < 4.78 is 16.9. The van der Waals surface area contributed by atoms with Crippen LogP contribution in [0.1, 0.15) is 323 Å². The van der Waals surface area contributed by atoms with Gasteiger partial charge in [-0.1, -0.05) is 284 Å². The molecule has 0 aliphatic rings. The van der Waals surface area contributed by atoms with Crippen LogP contribution in [0.25, 0.3) is 0 Å². The zero-order valence-corrected chi connectivity index (χ0v) is 42.2. The Kier molecular flexibility index (Phi) is 50.7. The number of esters is 3. The minimum atomic E-state index is -0.760. The maximum absolute atomic E-state index is 12.8. The highest BCUT2D eigenvalue weighted by atomic mass is 16.6. The molecule has 0 saturated heterocycles. The monoisotopic (exact) mass is 877 g/mol. The second kappa shape index (κ2) is 52.0. The molecule has 1 unspecified atom stereocenters. The molecule has 0 rings (SSSR count). The highest BCUT2D eigenvalue weighted by Crippen LogP contribution is 2.17. The molecule has 0 radical (unpaired) electrons. The van der Waals surface area contributed by atoms with E-state index in [1.165, 1.54) is 225 Å². The van der Waals surface area contributed by atoms with Crippen molar-refractivity contribution >= 4 is 17.9 Å². The third-order valence-corrected chi connectivity index (χ3v) is 12.9. The average molecular weight is 877 g/mol. The Bertz CT molecular complexity index is 920. The van der Waals surface area contributed by atoms with Crippen molar-refractivity contribution in [2.24, 2.45) is 0 Å². The Balaban J connectivity index is 4.29. The van der Waals surface area contributed by atoms with E-state index in [1.54, 1.807) is 0 Å². The molecule has 0 aromatic heterocycles. The Morgan fingerprint density at radius 1 is 0.258 bits per heavy atom. The molecule has 0 aliphatic carbocycles. The third kappa shape index (κ3) is 49.4. The first-order chi connectivity index (χ1) is 30.5. The van der Waals surface area contributed by atoms with Gasteiger partial charge in [-0.25, -0.2) is 0 Å². The van der Waals surface area contributed by atoms with Gasteiger partial charge >= 0.3 is 17.9 Å². The van der Waals surface area contributed by atoms with Gasteiger partial charge in [-0.3, -0.25) is 14.4 Å². The molecule has 0 N–H and O–H groups in total. The molecule has 0 fully saturated rings. The zero-order valence-electron chi connectivity index (χ0n) is 42.2. The maximum atomic E-state index is 12.8. The largest absolute Gasteiger partial charge is 0.462 e. The lowest BCUT2D eigenvalue weighted by molar-refractivity contribution is -0.167. The third-order valence-electron chi connectivity index (χ3n) is 12.9. The van der Waals surface area contributed by atoms with Crippen molar-refractivity contribution in [2.45, 2.75) is 329 Å². The molecule has 62 heavy (non-hydrogen) atoms. The summed E-state index contributed by atoms with van der Waals surface area (Å²) in [7, 11) is 0. The van der Waals surface area contributed by atoms with E-state index in [-0.39, 0.29) is 31.1 Å². The lowest BCUT2D eigenvalue weighted by Crippen LogP contribution is -2.30. The van der Waals surface area contributed by atoms with Crippen LogP contribution >= 0.6 is 0 Å². The van der Waals surface area contributed by atoms with Gasteiger partial charge in [-0.2, -0.15) is 0 Å². The minimum absolute atomic E-state index is 0.0612. The van der Waals surface area contributed by atoms with E-state index >= 15 is 0 Å². The molecule has 6 nitrogen and oxygen atoms in total.